The third kappa shape index (κ3) is 25.6. The molecule has 2 rings (SSSR count). The fourth-order valence-corrected chi connectivity index (χ4v) is 9.69. The van der Waals surface area contributed by atoms with Crippen LogP contribution in [0.1, 0.15) is 191 Å². The maximum absolute atomic E-state index is 14.4. The Bertz CT molecular complexity index is 2320. The highest BCUT2D eigenvalue weighted by atomic mass is 16.5. The van der Waals surface area contributed by atoms with E-state index in [1.165, 1.54) is 53.6 Å². The lowest BCUT2D eigenvalue weighted by Gasteiger charge is -2.34. The SMILES string of the molecule is CCCCCCCC[C@H](NC(=O)[C@@H]1CCCN1C(=O)c1ccc(OC)cc1)C(=O)N[C@@H](CC(C)C)C(=O)NC(C)(C)C(=O)N[C@@H](CC(C)C)C(=O)N[C@@H](CC(C)C)C(=O)NC(C)(C)C(=O)NC(C)(C)C(=O)NCCC(=O)N[C@@H](C)CN(C)C. The van der Waals surface area contributed by atoms with Crippen molar-refractivity contribution in [1.82, 2.24) is 57.7 Å². The van der Waals surface area contributed by atoms with Crippen LogP contribution < -0.4 is 52.6 Å². The Balaban J connectivity index is 2.25. The van der Waals surface area contributed by atoms with Crippen molar-refractivity contribution in [2.24, 2.45) is 17.8 Å². The summed E-state index contributed by atoms with van der Waals surface area (Å²) in [5.74, 6) is -5.32. The second-order valence-corrected chi connectivity index (χ2v) is 25.6. The number of likely N-dealkylation sites (N-methyl/N-ethyl adjacent to an activating group) is 1. The van der Waals surface area contributed by atoms with Gasteiger partial charge in [-0.1, -0.05) is 87.0 Å². The second kappa shape index (κ2) is 34.5. The summed E-state index contributed by atoms with van der Waals surface area (Å²) in [5.41, 5.74) is -4.27. The van der Waals surface area contributed by atoms with Gasteiger partial charge in [0.25, 0.3) is 5.91 Å². The number of ether oxygens (including phenoxy) is 1. The quantitative estimate of drug-likeness (QED) is 0.0423. The summed E-state index contributed by atoms with van der Waals surface area (Å²) in [4.78, 5) is 142. The van der Waals surface area contributed by atoms with Crippen molar-refractivity contribution in [3.63, 3.8) is 0 Å². The van der Waals surface area contributed by atoms with Gasteiger partial charge < -0.3 is 62.4 Å². The smallest absolute Gasteiger partial charge is 0.254 e. The number of carbonyl (C=O) groups excluding carboxylic acids is 10. The molecule has 1 fully saturated rings. The molecule has 0 aliphatic carbocycles. The normalized spacial score (nSPS) is 15.6. The molecule has 1 aliphatic rings. The first-order valence-corrected chi connectivity index (χ1v) is 30.0. The van der Waals surface area contributed by atoms with Crippen molar-refractivity contribution in [2.45, 2.75) is 233 Å². The number of hydrogen-bond acceptors (Lipinski definition) is 12. The molecule has 1 heterocycles. The summed E-state index contributed by atoms with van der Waals surface area (Å²) < 4.78 is 5.24. The van der Waals surface area contributed by atoms with Crippen molar-refractivity contribution < 1.29 is 52.7 Å². The first-order chi connectivity index (χ1) is 38.6. The lowest BCUT2D eigenvalue weighted by Crippen LogP contribution is -2.65. The standard InChI is InChI=1S/C61H105N11O11/c1-18-19-20-21-22-23-25-44(64-54(78)48-26-24-33-72(48)55(79)42-27-29-43(83-17)30-28-42)50(74)65-46(35-39(4)5)52(76)68-60(11,12)57(81)67-45(34-38(2)3)51(75)66-47(36-40(6)7)53(77)69-61(13,14)58(82)70-59(9,10)56(80)62-32-31-49(73)63-41(8)37-71(15)16/h27-30,38-41,44-48H,18-26,31-37H2,1-17H3,(H,62,80)(H,63,73)(H,64,78)(H,65,74)(H,66,75)(H,67,81)(H,68,76)(H,69,77)(H,70,82)/t41-,44-,45-,46-,47-,48-/m0/s1. The second-order valence-electron chi connectivity index (χ2n) is 25.6. The Labute approximate surface area is 495 Å². The van der Waals surface area contributed by atoms with E-state index in [1.54, 1.807) is 24.3 Å². The highest BCUT2D eigenvalue weighted by molar-refractivity contribution is 6.01. The van der Waals surface area contributed by atoms with E-state index >= 15 is 0 Å². The molecule has 10 amide bonds. The predicted molar refractivity (Wildman–Crippen MR) is 322 cm³/mol. The third-order valence-electron chi connectivity index (χ3n) is 14.3. The number of rotatable bonds is 36. The number of unbranched alkanes of at least 4 members (excludes halogenated alkanes) is 5. The molecular formula is C61H105N11O11. The summed E-state index contributed by atoms with van der Waals surface area (Å²) in [5, 5.41) is 25.2. The summed E-state index contributed by atoms with van der Waals surface area (Å²) in [6, 6.07) is 1.24. The van der Waals surface area contributed by atoms with Crippen LogP contribution in [0, 0.1) is 17.8 Å². The fraction of sp³-hybridized carbons (Fsp3) is 0.738. The number of benzene rings is 1. The zero-order valence-corrected chi connectivity index (χ0v) is 53.2. The minimum atomic E-state index is -1.64. The number of methoxy groups -OCH3 is 1. The molecule has 22 heteroatoms. The van der Waals surface area contributed by atoms with Crippen LogP contribution in [0.4, 0.5) is 0 Å². The Hall–Kier alpha value is -6.32. The lowest BCUT2D eigenvalue weighted by molar-refractivity contribution is -0.139. The van der Waals surface area contributed by atoms with Crippen LogP contribution >= 0.6 is 0 Å². The minimum absolute atomic E-state index is 0.0271. The van der Waals surface area contributed by atoms with Gasteiger partial charge in [0.1, 0.15) is 52.6 Å². The van der Waals surface area contributed by atoms with Crippen LogP contribution in [-0.2, 0) is 43.2 Å². The Morgan fingerprint density at radius 2 is 1.07 bits per heavy atom. The molecule has 1 aromatic rings. The number of carbonyl (C=O) groups is 10. The number of amides is 10. The van der Waals surface area contributed by atoms with Gasteiger partial charge in [0.2, 0.25) is 53.2 Å². The largest absolute Gasteiger partial charge is 0.497 e. The molecule has 9 N–H and O–H groups in total. The predicted octanol–water partition coefficient (Wildman–Crippen LogP) is 4.38. The molecule has 22 nitrogen and oxygen atoms in total. The topological polar surface area (TPSA) is 295 Å². The summed E-state index contributed by atoms with van der Waals surface area (Å²) >= 11 is 0. The van der Waals surface area contributed by atoms with Gasteiger partial charge in [-0.15, -0.1) is 0 Å². The highest BCUT2D eigenvalue weighted by Gasteiger charge is 2.41. The molecule has 0 aromatic heterocycles. The molecule has 0 saturated carbocycles. The molecule has 1 aliphatic heterocycles. The number of likely N-dealkylation sites (tertiary alicyclic amines) is 1. The average molecular weight is 1170 g/mol. The summed E-state index contributed by atoms with van der Waals surface area (Å²) in [6.07, 6.45) is 7.41. The van der Waals surface area contributed by atoms with Gasteiger partial charge in [-0.2, -0.15) is 0 Å². The van der Waals surface area contributed by atoms with Gasteiger partial charge in [-0.25, -0.2) is 0 Å². The molecule has 0 unspecified atom stereocenters. The average Bonchev–Trinajstić information content (AvgIpc) is 3.92. The van der Waals surface area contributed by atoms with Gasteiger partial charge in [-0.05, 0) is 143 Å². The monoisotopic (exact) mass is 1170 g/mol. The zero-order valence-electron chi connectivity index (χ0n) is 53.2. The third-order valence-corrected chi connectivity index (χ3v) is 14.3. The number of nitrogens with zero attached hydrogens (tertiary/aromatic N) is 2. The Morgan fingerprint density at radius 1 is 0.590 bits per heavy atom. The molecule has 0 bridgehead atoms. The van der Waals surface area contributed by atoms with Crippen molar-refractivity contribution >= 4 is 59.1 Å². The molecule has 0 spiro atoms. The molecule has 0 radical (unpaired) electrons. The first-order valence-electron chi connectivity index (χ1n) is 30.0. The highest BCUT2D eigenvalue weighted by Crippen LogP contribution is 2.23. The van der Waals surface area contributed by atoms with Gasteiger partial charge in [0.05, 0.1) is 7.11 Å². The van der Waals surface area contributed by atoms with Crippen LogP contribution in [0.2, 0.25) is 0 Å². The summed E-state index contributed by atoms with van der Waals surface area (Å²) in [6.45, 7) is 25.1. The number of hydrogen-bond donors (Lipinski definition) is 9. The maximum atomic E-state index is 14.4. The Kier molecular flexibility index (Phi) is 30.2. The first kappa shape index (κ1) is 72.8. The van der Waals surface area contributed by atoms with Gasteiger partial charge in [0.15, 0.2) is 0 Å². The molecule has 470 valence electrons. The van der Waals surface area contributed by atoms with E-state index in [2.05, 4.69) is 54.8 Å². The lowest BCUT2D eigenvalue weighted by atomic mass is 9.96. The van der Waals surface area contributed by atoms with Crippen LogP contribution in [0.3, 0.4) is 0 Å². The van der Waals surface area contributed by atoms with Gasteiger partial charge >= 0.3 is 0 Å². The Morgan fingerprint density at radius 3 is 1.58 bits per heavy atom. The minimum Gasteiger partial charge on any atom is -0.497 e. The van der Waals surface area contributed by atoms with E-state index in [-0.39, 0.29) is 67.8 Å². The van der Waals surface area contributed by atoms with Crippen molar-refractivity contribution in [3.8, 4) is 5.75 Å². The summed E-state index contributed by atoms with van der Waals surface area (Å²) in [7, 11) is 5.33. The van der Waals surface area contributed by atoms with Crippen molar-refractivity contribution in [3.05, 3.63) is 29.8 Å². The van der Waals surface area contributed by atoms with E-state index in [9.17, 15) is 47.9 Å². The molecule has 1 aromatic carbocycles. The van der Waals surface area contributed by atoms with Crippen LogP contribution in [-0.4, -0.2) is 163 Å². The van der Waals surface area contributed by atoms with E-state index in [0.717, 1.165) is 32.1 Å². The zero-order chi connectivity index (χ0) is 63.0. The van der Waals surface area contributed by atoms with E-state index in [0.29, 0.717) is 50.1 Å². The van der Waals surface area contributed by atoms with E-state index in [1.807, 2.05) is 67.5 Å². The van der Waals surface area contributed by atoms with Gasteiger partial charge in [0, 0.05) is 37.7 Å². The van der Waals surface area contributed by atoms with E-state index < -0.39 is 94.1 Å². The molecule has 6 atom stereocenters. The van der Waals surface area contributed by atoms with Crippen molar-refractivity contribution in [2.75, 3.05) is 40.8 Å². The molecular weight excluding hydrogens is 1060 g/mol. The van der Waals surface area contributed by atoms with Crippen LogP contribution in [0.5, 0.6) is 5.75 Å². The fourth-order valence-electron chi connectivity index (χ4n) is 9.69. The maximum Gasteiger partial charge on any atom is 0.254 e. The van der Waals surface area contributed by atoms with E-state index in [4.69, 9.17) is 4.74 Å². The molecule has 83 heavy (non-hydrogen) atoms. The van der Waals surface area contributed by atoms with Crippen LogP contribution in [0.25, 0.3) is 0 Å². The number of nitrogens with one attached hydrogen (secondary N) is 9. The van der Waals surface area contributed by atoms with Crippen LogP contribution in [0.15, 0.2) is 24.3 Å². The molecule has 1 saturated heterocycles. The van der Waals surface area contributed by atoms with Gasteiger partial charge in [-0.3, -0.25) is 47.9 Å². The van der Waals surface area contributed by atoms with Crippen molar-refractivity contribution in [1.29, 1.82) is 0 Å².